The minimum atomic E-state index is -0.123. The fourth-order valence-electron chi connectivity index (χ4n) is 4.43. The van der Waals surface area contributed by atoms with E-state index < -0.39 is 0 Å². The number of nitrogens with zero attached hydrogens (tertiary/aromatic N) is 3. The first-order valence-electron chi connectivity index (χ1n) is 12.9. The van der Waals surface area contributed by atoms with Crippen molar-refractivity contribution in [3.63, 3.8) is 0 Å². The zero-order chi connectivity index (χ0) is 26.5. The van der Waals surface area contributed by atoms with Crippen molar-refractivity contribution in [2.75, 3.05) is 40.0 Å². The molecule has 3 aromatic rings. The fourth-order valence-corrected chi connectivity index (χ4v) is 5.40. The Kier molecular flexibility index (Phi) is 8.10. The molecule has 2 fully saturated rings. The van der Waals surface area contributed by atoms with E-state index in [4.69, 9.17) is 14.5 Å². The van der Waals surface area contributed by atoms with E-state index in [2.05, 4.69) is 13.0 Å². The highest BCUT2D eigenvalue weighted by Crippen LogP contribution is 2.37. The molecule has 0 bridgehead atoms. The van der Waals surface area contributed by atoms with E-state index in [9.17, 15) is 9.59 Å². The standard InChI is InChI=1S/C30H31N3O4S/c1-3-4-16-37-26-13-12-21-8-5-6-11-24(21)25(26)20-27-29(35)32(2)30(38-27)31-23-10-7-9-22(19-23)28(34)33-14-17-36-18-15-33/h5-13,19-20H,3-4,14-18H2,1-2H3/b27-20+,31-30?. The molecule has 5 rings (SSSR count). The van der Waals surface area contributed by atoms with Crippen LogP contribution in [0.5, 0.6) is 5.75 Å². The van der Waals surface area contributed by atoms with E-state index in [1.807, 2.05) is 48.5 Å². The van der Waals surface area contributed by atoms with Crippen molar-refractivity contribution in [1.82, 2.24) is 9.80 Å². The second kappa shape index (κ2) is 11.8. The highest BCUT2D eigenvalue weighted by Gasteiger charge is 2.31. The zero-order valence-corrected chi connectivity index (χ0v) is 22.5. The Hall–Kier alpha value is -3.62. The molecule has 2 aliphatic rings. The van der Waals surface area contributed by atoms with Gasteiger partial charge in [-0.2, -0.15) is 0 Å². The van der Waals surface area contributed by atoms with Crippen LogP contribution in [0.25, 0.3) is 16.8 Å². The minimum Gasteiger partial charge on any atom is -0.493 e. The van der Waals surface area contributed by atoms with Gasteiger partial charge >= 0.3 is 0 Å². The minimum absolute atomic E-state index is 0.0361. The maximum absolute atomic E-state index is 13.2. The maximum atomic E-state index is 13.2. The van der Waals surface area contributed by atoms with Crippen LogP contribution in [0, 0.1) is 0 Å². The molecule has 2 aliphatic heterocycles. The van der Waals surface area contributed by atoms with Gasteiger partial charge in [0.25, 0.3) is 11.8 Å². The number of rotatable bonds is 7. The lowest BCUT2D eigenvalue weighted by Gasteiger charge is -2.26. The smallest absolute Gasteiger partial charge is 0.266 e. The topological polar surface area (TPSA) is 71.4 Å². The molecule has 0 spiro atoms. The summed E-state index contributed by atoms with van der Waals surface area (Å²) in [5, 5.41) is 2.68. The zero-order valence-electron chi connectivity index (χ0n) is 21.7. The number of ether oxygens (including phenoxy) is 2. The van der Waals surface area contributed by atoms with Gasteiger partial charge in [-0.3, -0.25) is 14.5 Å². The molecule has 7 nitrogen and oxygen atoms in total. The molecule has 0 unspecified atom stereocenters. The van der Waals surface area contributed by atoms with Crippen LogP contribution in [-0.4, -0.2) is 66.7 Å². The van der Waals surface area contributed by atoms with E-state index in [0.717, 1.165) is 34.9 Å². The largest absolute Gasteiger partial charge is 0.493 e. The van der Waals surface area contributed by atoms with Crippen LogP contribution in [0.3, 0.4) is 0 Å². The number of benzene rings is 3. The summed E-state index contributed by atoms with van der Waals surface area (Å²) in [6.45, 7) is 5.01. The van der Waals surface area contributed by atoms with E-state index in [1.165, 1.54) is 11.8 Å². The average molecular weight is 530 g/mol. The summed E-state index contributed by atoms with van der Waals surface area (Å²) in [4.78, 5) is 34.8. The number of unbranched alkanes of at least 4 members (excludes halogenated alkanes) is 1. The number of likely N-dealkylation sites (N-methyl/N-ethyl adjacent to an activating group) is 1. The summed E-state index contributed by atoms with van der Waals surface area (Å²) in [6.07, 6.45) is 3.92. The Balaban J connectivity index is 1.44. The molecule has 2 saturated heterocycles. The predicted molar refractivity (Wildman–Crippen MR) is 153 cm³/mol. The molecular weight excluding hydrogens is 498 g/mol. The molecule has 2 amide bonds. The third kappa shape index (κ3) is 5.61. The number of amidine groups is 1. The fraction of sp³-hybridized carbons (Fsp3) is 0.300. The molecule has 0 aliphatic carbocycles. The Morgan fingerprint density at radius 3 is 2.74 bits per heavy atom. The molecule has 0 N–H and O–H groups in total. The van der Waals surface area contributed by atoms with E-state index >= 15 is 0 Å². The van der Waals surface area contributed by atoms with Gasteiger partial charge in [-0.1, -0.05) is 49.7 Å². The molecule has 8 heteroatoms. The highest BCUT2D eigenvalue weighted by atomic mass is 32.2. The van der Waals surface area contributed by atoms with Gasteiger partial charge in [0.1, 0.15) is 5.75 Å². The number of fused-ring (bicyclic) bond motifs is 1. The molecule has 0 radical (unpaired) electrons. The van der Waals surface area contributed by atoms with Crippen molar-refractivity contribution in [2.45, 2.75) is 19.8 Å². The molecule has 3 aromatic carbocycles. The van der Waals surface area contributed by atoms with Crippen molar-refractivity contribution in [3.8, 4) is 5.75 Å². The number of carbonyl (C=O) groups is 2. The lowest BCUT2D eigenvalue weighted by molar-refractivity contribution is -0.121. The van der Waals surface area contributed by atoms with Crippen LogP contribution in [-0.2, 0) is 9.53 Å². The van der Waals surface area contributed by atoms with Gasteiger partial charge in [-0.15, -0.1) is 0 Å². The van der Waals surface area contributed by atoms with Gasteiger partial charge < -0.3 is 14.4 Å². The second-order valence-corrected chi connectivity index (χ2v) is 10.2. The molecule has 0 saturated carbocycles. The summed E-state index contributed by atoms with van der Waals surface area (Å²) in [5.74, 6) is 0.605. The number of hydrogen-bond acceptors (Lipinski definition) is 6. The summed E-state index contributed by atoms with van der Waals surface area (Å²) in [7, 11) is 1.72. The number of thioether (sulfide) groups is 1. The Morgan fingerprint density at radius 1 is 1.11 bits per heavy atom. The van der Waals surface area contributed by atoms with E-state index in [0.29, 0.717) is 54.2 Å². The SMILES string of the molecule is CCCCOc1ccc2ccccc2c1/C=C1/SC(=Nc2cccc(C(=O)N3CCOCC3)c2)N(C)C1=O. The van der Waals surface area contributed by atoms with Gasteiger partial charge in [0.05, 0.1) is 30.4 Å². The Bertz CT molecular complexity index is 1410. The maximum Gasteiger partial charge on any atom is 0.266 e. The van der Waals surface area contributed by atoms with E-state index in [1.54, 1.807) is 29.0 Å². The monoisotopic (exact) mass is 529 g/mol. The highest BCUT2D eigenvalue weighted by molar-refractivity contribution is 8.18. The van der Waals surface area contributed by atoms with Crippen molar-refractivity contribution in [2.24, 2.45) is 4.99 Å². The van der Waals surface area contributed by atoms with Gasteiger partial charge in [0, 0.05) is 31.3 Å². The van der Waals surface area contributed by atoms with Gasteiger partial charge in [-0.25, -0.2) is 4.99 Å². The number of morpholine rings is 1. The van der Waals surface area contributed by atoms with Crippen molar-refractivity contribution in [1.29, 1.82) is 0 Å². The normalized spacial score (nSPS) is 18.1. The van der Waals surface area contributed by atoms with Crippen LogP contribution in [0.1, 0.15) is 35.7 Å². The van der Waals surface area contributed by atoms with Gasteiger partial charge in [-0.05, 0) is 59.3 Å². The third-order valence-electron chi connectivity index (χ3n) is 6.58. The molecular formula is C30H31N3O4S. The van der Waals surface area contributed by atoms with Gasteiger partial charge in [0.15, 0.2) is 5.17 Å². The summed E-state index contributed by atoms with van der Waals surface area (Å²) in [6, 6.07) is 19.4. The van der Waals surface area contributed by atoms with Crippen molar-refractivity contribution >= 4 is 51.3 Å². The van der Waals surface area contributed by atoms with Crippen LogP contribution < -0.4 is 4.74 Å². The van der Waals surface area contributed by atoms with Crippen molar-refractivity contribution in [3.05, 3.63) is 76.7 Å². The Labute approximate surface area is 227 Å². The molecule has 0 atom stereocenters. The first-order valence-corrected chi connectivity index (χ1v) is 13.7. The molecule has 2 heterocycles. The van der Waals surface area contributed by atoms with Crippen LogP contribution >= 0.6 is 11.8 Å². The quantitative estimate of drug-likeness (QED) is 0.289. The molecule has 196 valence electrons. The lowest BCUT2D eigenvalue weighted by atomic mass is 10.0. The third-order valence-corrected chi connectivity index (χ3v) is 7.64. The number of hydrogen-bond donors (Lipinski definition) is 0. The lowest BCUT2D eigenvalue weighted by Crippen LogP contribution is -2.40. The van der Waals surface area contributed by atoms with Crippen LogP contribution in [0.4, 0.5) is 5.69 Å². The second-order valence-electron chi connectivity index (χ2n) is 9.22. The number of aliphatic imine (C=N–C) groups is 1. The summed E-state index contributed by atoms with van der Waals surface area (Å²) in [5.41, 5.74) is 2.09. The summed E-state index contributed by atoms with van der Waals surface area (Å²) < 4.78 is 11.5. The average Bonchev–Trinajstić information content (AvgIpc) is 3.22. The van der Waals surface area contributed by atoms with Crippen LogP contribution in [0.15, 0.2) is 70.6 Å². The number of carbonyl (C=O) groups excluding carboxylic acids is 2. The van der Waals surface area contributed by atoms with E-state index in [-0.39, 0.29) is 11.8 Å². The van der Waals surface area contributed by atoms with Crippen LogP contribution in [0.2, 0.25) is 0 Å². The first kappa shape index (κ1) is 26.0. The summed E-state index contributed by atoms with van der Waals surface area (Å²) >= 11 is 1.32. The van der Waals surface area contributed by atoms with Gasteiger partial charge in [0.2, 0.25) is 0 Å². The van der Waals surface area contributed by atoms with Crippen molar-refractivity contribution < 1.29 is 19.1 Å². The number of amides is 2. The Morgan fingerprint density at radius 2 is 1.92 bits per heavy atom. The molecule has 38 heavy (non-hydrogen) atoms. The molecule has 0 aromatic heterocycles. The first-order chi connectivity index (χ1) is 18.5. The predicted octanol–water partition coefficient (Wildman–Crippen LogP) is 5.72.